The molecule has 0 bridgehead atoms. The van der Waals surface area contributed by atoms with Crippen molar-refractivity contribution < 1.29 is 19.4 Å². The highest BCUT2D eigenvalue weighted by Crippen LogP contribution is 2.22. The van der Waals surface area contributed by atoms with Crippen LogP contribution in [0.3, 0.4) is 0 Å². The van der Waals surface area contributed by atoms with Crippen LogP contribution in [0.1, 0.15) is 27.0 Å². The highest BCUT2D eigenvalue weighted by molar-refractivity contribution is 7.14. The normalized spacial score (nSPS) is 11.3. The molecule has 1 N–H and O–H groups in total. The molecule has 0 aliphatic rings. The van der Waals surface area contributed by atoms with Gasteiger partial charge in [0.25, 0.3) is 5.91 Å². The molecule has 21 heavy (non-hydrogen) atoms. The molecule has 1 amide bonds. The molecule has 6 heteroatoms. The molecule has 1 unspecified atom stereocenters. The third-order valence-electron chi connectivity index (χ3n) is 2.91. The fraction of sp³-hybridized carbons (Fsp3) is 0.467. The number of amides is 1. The summed E-state index contributed by atoms with van der Waals surface area (Å²) in [6.07, 6.45) is 0. The van der Waals surface area contributed by atoms with Crippen molar-refractivity contribution in [3.63, 3.8) is 0 Å². The SMILES string of the molecule is COC(=O)C(C)CN(C)C(=O)c1cc(C)c(C#CCO)s1. The highest BCUT2D eigenvalue weighted by atomic mass is 32.1. The Hall–Kier alpha value is -1.84. The number of aliphatic hydroxyl groups excluding tert-OH is 1. The smallest absolute Gasteiger partial charge is 0.310 e. The maximum atomic E-state index is 12.3. The molecule has 0 saturated carbocycles. The Balaban J connectivity index is 2.81. The number of esters is 1. The lowest BCUT2D eigenvalue weighted by molar-refractivity contribution is -0.145. The predicted octanol–water partition coefficient (Wildman–Crippen LogP) is 1.28. The Morgan fingerprint density at radius 1 is 1.52 bits per heavy atom. The molecule has 1 atom stereocenters. The second-order valence-electron chi connectivity index (χ2n) is 4.69. The van der Waals surface area contributed by atoms with Crippen LogP contribution in [0.5, 0.6) is 0 Å². The summed E-state index contributed by atoms with van der Waals surface area (Å²) in [5.41, 5.74) is 0.902. The number of ether oxygens (including phenoxy) is 1. The topological polar surface area (TPSA) is 66.8 Å². The number of aryl methyl sites for hydroxylation is 1. The molecule has 5 nitrogen and oxygen atoms in total. The minimum absolute atomic E-state index is 0.157. The van der Waals surface area contributed by atoms with Gasteiger partial charge in [0.05, 0.1) is 22.8 Å². The first-order valence-electron chi connectivity index (χ1n) is 6.44. The maximum Gasteiger partial charge on any atom is 0.310 e. The van der Waals surface area contributed by atoms with Gasteiger partial charge >= 0.3 is 5.97 Å². The molecule has 1 rings (SSSR count). The van der Waals surface area contributed by atoms with Crippen LogP contribution in [0.2, 0.25) is 0 Å². The largest absolute Gasteiger partial charge is 0.469 e. The van der Waals surface area contributed by atoms with E-state index in [4.69, 9.17) is 5.11 Å². The molecule has 1 aromatic heterocycles. The number of hydrogen-bond donors (Lipinski definition) is 1. The average molecular weight is 309 g/mol. The second-order valence-corrected chi connectivity index (χ2v) is 5.74. The predicted molar refractivity (Wildman–Crippen MR) is 81.2 cm³/mol. The minimum Gasteiger partial charge on any atom is -0.469 e. The molecule has 114 valence electrons. The lowest BCUT2D eigenvalue weighted by Crippen LogP contribution is -2.33. The molecule has 0 aliphatic heterocycles. The number of carbonyl (C=O) groups is 2. The van der Waals surface area contributed by atoms with E-state index >= 15 is 0 Å². The average Bonchev–Trinajstić information content (AvgIpc) is 2.84. The molecule has 0 radical (unpaired) electrons. The Labute approximate surface area is 128 Å². The Morgan fingerprint density at radius 2 is 2.19 bits per heavy atom. The van der Waals surface area contributed by atoms with Crippen LogP contribution in [0, 0.1) is 24.7 Å². The van der Waals surface area contributed by atoms with E-state index in [9.17, 15) is 9.59 Å². The standard InChI is InChI=1S/C15H19NO4S/c1-10-8-13(21-12(10)6-5-7-17)14(18)16(3)9-11(2)15(19)20-4/h8,11,17H,7,9H2,1-4H3. The van der Waals surface area contributed by atoms with Gasteiger partial charge in [-0.25, -0.2) is 0 Å². The van der Waals surface area contributed by atoms with Gasteiger partial charge in [-0.2, -0.15) is 0 Å². The van der Waals surface area contributed by atoms with Crippen LogP contribution in [-0.2, 0) is 9.53 Å². The van der Waals surface area contributed by atoms with Gasteiger partial charge in [0, 0.05) is 13.6 Å². The van der Waals surface area contributed by atoms with Crippen LogP contribution >= 0.6 is 11.3 Å². The van der Waals surface area contributed by atoms with Gasteiger partial charge in [-0.1, -0.05) is 18.8 Å². The van der Waals surface area contributed by atoms with E-state index in [-0.39, 0.29) is 24.4 Å². The number of aliphatic hydroxyl groups is 1. The van der Waals surface area contributed by atoms with Crippen molar-refractivity contribution in [1.29, 1.82) is 0 Å². The molecule has 0 aliphatic carbocycles. The van der Waals surface area contributed by atoms with Gasteiger partial charge < -0.3 is 14.7 Å². The van der Waals surface area contributed by atoms with Crippen molar-refractivity contribution in [2.75, 3.05) is 27.3 Å². The van der Waals surface area contributed by atoms with Crippen LogP contribution in [0.25, 0.3) is 0 Å². The summed E-state index contributed by atoms with van der Waals surface area (Å²) in [7, 11) is 2.98. The zero-order valence-corrected chi connectivity index (χ0v) is 13.4. The van der Waals surface area contributed by atoms with Gasteiger partial charge in [-0.15, -0.1) is 11.3 Å². The molecular weight excluding hydrogens is 290 g/mol. The van der Waals surface area contributed by atoms with Crippen molar-refractivity contribution >= 4 is 23.2 Å². The zero-order valence-electron chi connectivity index (χ0n) is 12.6. The van der Waals surface area contributed by atoms with Crippen molar-refractivity contribution in [3.8, 4) is 11.8 Å². The van der Waals surface area contributed by atoms with E-state index in [0.717, 1.165) is 10.4 Å². The summed E-state index contributed by atoms with van der Waals surface area (Å²) in [5.74, 6) is 4.52. The van der Waals surface area contributed by atoms with Crippen LogP contribution < -0.4 is 0 Å². The van der Waals surface area contributed by atoms with E-state index in [2.05, 4.69) is 16.6 Å². The number of carbonyl (C=O) groups excluding carboxylic acids is 2. The van der Waals surface area contributed by atoms with Crippen LogP contribution in [0.15, 0.2) is 6.07 Å². The van der Waals surface area contributed by atoms with Gasteiger partial charge in [-0.3, -0.25) is 9.59 Å². The number of thiophene rings is 1. The fourth-order valence-electron chi connectivity index (χ4n) is 1.79. The summed E-state index contributed by atoms with van der Waals surface area (Å²) >= 11 is 1.29. The third-order valence-corrected chi connectivity index (χ3v) is 4.05. The first-order chi connectivity index (χ1) is 9.90. The number of nitrogens with zero attached hydrogens (tertiary/aromatic N) is 1. The van der Waals surface area contributed by atoms with Crippen LogP contribution in [0.4, 0.5) is 0 Å². The molecule has 1 aromatic rings. The van der Waals surface area contributed by atoms with Gasteiger partial charge in [0.1, 0.15) is 6.61 Å². The lowest BCUT2D eigenvalue weighted by Gasteiger charge is -2.19. The van der Waals surface area contributed by atoms with Crippen molar-refractivity contribution in [1.82, 2.24) is 4.90 Å². The summed E-state index contributed by atoms with van der Waals surface area (Å²) in [6, 6.07) is 1.77. The Morgan fingerprint density at radius 3 is 2.76 bits per heavy atom. The molecule has 0 saturated heterocycles. The molecule has 0 spiro atoms. The molecular formula is C15H19NO4S. The quantitative estimate of drug-likeness (QED) is 0.672. The van der Waals surface area contributed by atoms with Gasteiger partial charge in [0.2, 0.25) is 0 Å². The number of methoxy groups -OCH3 is 1. The first kappa shape index (κ1) is 17.2. The van der Waals surface area contributed by atoms with Crippen LogP contribution in [-0.4, -0.2) is 49.2 Å². The summed E-state index contributed by atoms with van der Waals surface area (Å²) < 4.78 is 4.65. The van der Waals surface area contributed by atoms with Gasteiger partial charge in [0.15, 0.2) is 0 Å². The fourth-order valence-corrected chi connectivity index (χ4v) is 2.83. The van der Waals surface area contributed by atoms with E-state index in [0.29, 0.717) is 11.4 Å². The molecule has 0 aromatic carbocycles. The monoisotopic (exact) mass is 309 g/mol. The lowest BCUT2D eigenvalue weighted by atomic mass is 10.1. The van der Waals surface area contributed by atoms with Gasteiger partial charge in [-0.05, 0) is 18.6 Å². The van der Waals surface area contributed by atoms with Crippen molar-refractivity contribution in [2.45, 2.75) is 13.8 Å². The van der Waals surface area contributed by atoms with E-state index in [1.54, 1.807) is 20.0 Å². The summed E-state index contributed by atoms with van der Waals surface area (Å²) in [5, 5.41) is 8.71. The maximum absolute atomic E-state index is 12.3. The Kier molecular flexibility index (Phi) is 6.40. The van der Waals surface area contributed by atoms with Crippen molar-refractivity contribution in [2.24, 2.45) is 5.92 Å². The summed E-state index contributed by atoms with van der Waals surface area (Å²) in [4.78, 5) is 26.5. The Bertz CT molecular complexity index is 582. The van der Waals surface area contributed by atoms with E-state index < -0.39 is 0 Å². The number of rotatable bonds is 4. The van der Waals surface area contributed by atoms with E-state index in [1.807, 2.05) is 6.92 Å². The number of hydrogen-bond acceptors (Lipinski definition) is 5. The minimum atomic E-state index is -0.376. The molecule has 0 fully saturated rings. The van der Waals surface area contributed by atoms with E-state index in [1.165, 1.54) is 23.3 Å². The molecule has 1 heterocycles. The van der Waals surface area contributed by atoms with Crippen molar-refractivity contribution in [3.05, 3.63) is 21.4 Å². The summed E-state index contributed by atoms with van der Waals surface area (Å²) in [6.45, 7) is 3.66. The second kappa shape index (κ2) is 7.81. The highest BCUT2D eigenvalue weighted by Gasteiger charge is 2.21. The first-order valence-corrected chi connectivity index (χ1v) is 7.25. The zero-order chi connectivity index (χ0) is 16.0. The third kappa shape index (κ3) is 4.59.